The summed E-state index contributed by atoms with van der Waals surface area (Å²) < 4.78 is 1.89. The van der Waals surface area contributed by atoms with E-state index in [1.165, 1.54) is 37.9 Å². The second-order valence-corrected chi connectivity index (χ2v) is 12.1. The Morgan fingerprint density at radius 1 is 0.707 bits per heavy atom. The van der Waals surface area contributed by atoms with Crippen molar-refractivity contribution in [1.82, 2.24) is 4.57 Å². The van der Waals surface area contributed by atoms with Crippen LogP contribution in [0.25, 0.3) is 66.1 Å². The Morgan fingerprint density at radius 2 is 1.22 bits per heavy atom. The maximum absolute atomic E-state index is 14.6. The van der Waals surface area contributed by atoms with Crippen LogP contribution < -0.4 is 10.9 Å². The van der Waals surface area contributed by atoms with Gasteiger partial charge in [-0.05, 0) is 85.1 Å². The fourth-order valence-corrected chi connectivity index (χ4v) is 7.06. The second-order valence-electron chi connectivity index (χ2n) is 12.1. The maximum atomic E-state index is 14.6. The van der Waals surface area contributed by atoms with E-state index in [0.29, 0.717) is 0 Å². The highest BCUT2D eigenvalue weighted by molar-refractivity contribution is 6.36. The molecule has 1 aromatic heterocycles. The number of aromatic nitrogens is 1. The minimum Gasteiger partial charge on any atom is -0.396 e. The standard InChI is InChI=1S/C38H35NO2/c1-21(2)32-19-24(9-8-18-40)20-33(22(3)4)37(32)39-23(5)26-14-15-29-27-12-6-10-25-11-7-13-28(34(25)27)30-16-17-31(38(39)41)35(26)36(29)30/h6-7,10-17,19-22,40H,5,8-9,18H2,1-4H3. The first kappa shape index (κ1) is 25.7. The molecule has 7 aromatic rings. The van der Waals surface area contributed by atoms with E-state index < -0.39 is 0 Å². The van der Waals surface area contributed by atoms with E-state index in [4.69, 9.17) is 0 Å². The molecule has 0 radical (unpaired) electrons. The average Bonchev–Trinajstić information content (AvgIpc) is 2.97. The molecule has 0 aliphatic heterocycles. The number of nitrogens with zero attached hydrogens (tertiary/aromatic N) is 1. The van der Waals surface area contributed by atoms with E-state index in [1.807, 2.05) is 10.6 Å². The number of benzene rings is 6. The van der Waals surface area contributed by atoms with Crippen molar-refractivity contribution in [3.8, 4) is 5.69 Å². The number of fused-ring (bicyclic) bond motifs is 2. The van der Waals surface area contributed by atoms with Gasteiger partial charge in [0.25, 0.3) is 5.56 Å². The molecule has 0 bridgehead atoms. The molecule has 1 heterocycles. The van der Waals surface area contributed by atoms with Gasteiger partial charge in [0.2, 0.25) is 0 Å². The summed E-state index contributed by atoms with van der Waals surface area (Å²) in [6, 6.07) is 26.0. The molecule has 41 heavy (non-hydrogen) atoms. The van der Waals surface area contributed by atoms with E-state index >= 15 is 0 Å². The number of pyridine rings is 1. The number of aliphatic hydroxyl groups excluding tert-OH is 1. The Balaban J connectivity index is 1.64. The molecule has 0 saturated heterocycles. The quantitative estimate of drug-likeness (QED) is 0.171. The van der Waals surface area contributed by atoms with Crippen LogP contribution in [-0.4, -0.2) is 16.3 Å². The number of rotatable bonds is 6. The van der Waals surface area contributed by atoms with Crippen LogP contribution in [0.1, 0.15) is 62.6 Å². The van der Waals surface area contributed by atoms with Crippen molar-refractivity contribution in [3.63, 3.8) is 0 Å². The molecule has 3 nitrogen and oxygen atoms in total. The van der Waals surface area contributed by atoms with Gasteiger partial charge in [0.15, 0.2) is 0 Å². The Morgan fingerprint density at radius 3 is 1.78 bits per heavy atom. The van der Waals surface area contributed by atoms with Crippen LogP contribution in [0.4, 0.5) is 0 Å². The lowest BCUT2D eigenvalue weighted by Crippen LogP contribution is -2.33. The van der Waals surface area contributed by atoms with Gasteiger partial charge in [-0.15, -0.1) is 0 Å². The molecular formula is C38H35NO2. The molecular weight excluding hydrogens is 502 g/mol. The van der Waals surface area contributed by atoms with E-state index in [0.717, 1.165) is 56.5 Å². The van der Waals surface area contributed by atoms with Crippen molar-refractivity contribution < 1.29 is 5.11 Å². The molecule has 3 heteroatoms. The summed E-state index contributed by atoms with van der Waals surface area (Å²) >= 11 is 0. The SMILES string of the molecule is C=c1c2ccc3c4cccc5cccc(c6ccc(c(=O)n1-c1c(C(C)C)cc(CCCO)cc1C(C)C)c2c36)c54. The maximum Gasteiger partial charge on any atom is 0.263 e. The first-order chi connectivity index (χ1) is 19.8. The summed E-state index contributed by atoms with van der Waals surface area (Å²) in [5.74, 6) is 0.428. The zero-order valence-corrected chi connectivity index (χ0v) is 24.2. The lowest BCUT2D eigenvalue weighted by atomic mass is 9.87. The van der Waals surface area contributed by atoms with Gasteiger partial charge >= 0.3 is 0 Å². The van der Waals surface area contributed by atoms with Gasteiger partial charge in [-0.25, -0.2) is 0 Å². The second kappa shape index (κ2) is 9.43. The van der Waals surface area contributed by atoms with Crippen molar-refractivity contribution >= 4 is 60.4 Å². The van der Waals surface area contributed by atoms with Crippen LogP contribution in [0.2, 0.25) is 0 Å². The third-order valence-corrected chi connectivity index (χ3v) is 8.98. The first-order valence-electron chi connectivity index (χ1n) is 14.7. The number of hydrogen-bond donors (Lipinski definition) is 1. The fourth-order valence-electron chi connectivity index (χ4n) is 7.06. The minimum absolute atomic E-state index is 0.0184. The number of aryl methyl sites for hydroxylation is 1. The number of aliphatic hydroxyl groups is 1. The highest BCUT2D eigenvalue weighted by Crippen LogP contribution is 2.42. The molecule has 0 spiro atoms. The Kier molecular flexibility index (Phi) is 5.92. The third-order valence-electron chi connectivity index (χ3n) is 8.98. The van der Waals surface area contributed by atoms with Gasteiger partial charge in [0.05, 0.1) is 5.69 Å². The van der Waals surface area contributed by atoms with E-state index in [1.54, 1.807) is 0 Å². The summed E-state index contributed by atoms with van der Waals surface area (Å²) in [4.78, 5) is 14.6. The van der Waals surface area contributed by atoms with Crippen molar-refractivity contribution in [2.24, 2.45) is 0 Å². The third kappa shape index (κ3) is 3.65. The molecule has 0 atom stereocenters. The van der Waals surface area contributed by atoms with Gasteiger partial charge in [-0.1, -0.05) is 101 Å². The van der Waals surface area contributed by atoms with Crippen LogP contribution in [0, 0.1) is 0 Å². The van der Waals surface area contributed by atoms with Crippen molar-refractivity contribution in [1.29, 1.82) is 0 Å². The largest absolute Gasteiger partial charge is 0.396 e. The number of hydrogen-bond acceptors (Lipinski definition) is 2. The molecule has 1 N–H and O–H groups in total. The summed E-state index contributed by atoms with van der Waals surface area (Å²) in [7, 11) is 0. The predicted molar refractivity (Wildman–Crippen MR) is 175 cm³/mol. The molecule has 204 valence electrons. The summed E-state index contributed by atoms with van der Waals surface area (Å²) in [6.07, 6.45) is 1.54. The van der Waals surface area contributed by atoms with Gasteiger partial charge in [0, 0.05) is 28.1 Å². The Labute approximate surface area is 239 Å². The minimum atomic E-state index is -0.0184. The lowest BCUT2D eigenvalue weighted by molar-refractivity contribution is 0.288. The van der Waals surface area contributed by atoms with Crippen LogP contribution in [0.3, 0.4) is 0 Å². The van der Waals surface area contributed by atoms with Crippen LogP contribution in [0.5, 0.6) is 0 Å². The summed E-state index contributed by atoms with van der Waals surface area (Å²) in [6.45, 7) is 13.5. The predicted octanol–water partition coefficient (Wildman–Crippen LogP) is 8.34. The zero-order valence-electron chi connectivity index (χ0n) is 24.2. The highest BCUT2D eigenvalue weighted by Gasteiger charge is 2.23. The van der Waals surface area contributed by atoms with Crippen molar-refractivity contribution in [3.05, 3.63) is 105 Å². The topological polar surface area (TPSA) is 42.2 Å². The van der Waals surface area contributed by atoms with Crippen molar-refractivity contribution in [2.45, 2.75) is 52.4 Å². The summed E-state index contributed by atoms with van der Waals surface area (Å²) in [5, 5.41) is 21.4. The molecule has 0 aliphatic carbocycles. The van der Waals surface area contributed by atoms with Gasteiger partial charge in [-0.2, -0.15) is 0 Å². The monoisotopic (exact) mass is 537 g/mol. The molecule has 0 amide bonds. The normalized spacial score (nSPS) is 12.5. The molecule has 7 rings (SSSR count). The van der Waals surface area contributed by atoms with E-state index in [2.05, 4.69) is 101 Å². The van der Waals surface area contributed by atoms with Crippen LogP contribution in [0.15, 0.2) is 77.6 Å². The highest BCUT2D eigenvalue weighted by atomic mass is 16.2. The van der Waals surface area contributed by atoms with Crippen LogP contribution >= 0.6 is 0 Å². The summed E-state index contributed by atoms with van der Waals surface area (Å²) in [5.41, 5.74) is 4.45. The van der Waals surface area contributed by atoms with E-state index in [9.17, 15) is 9.90 Å². The molecule has 0 fully saturated rings. The van der Waals surface area contributed by atoms with Gasteiger partial charge in [0.1, 0.15) is 0 Å². The van der Waals surface area contributed by atoms with Gasteiger partial charge in [-0.3, -0.25) is 9.36 Å². The fraction of sp³-hybridized carbons (Fsp3) is 0.237. The molecule has 6 aromatic carbocycles. The van der Waals surface area contributed by atoms with E-state index in [-0.39, 0.29) is 24.0 Å². The van der Waals surface area contributed by atoms with Gasteiger partial charge < -0.3 is 5.11 Å². The van der Waals surface area contributed by atoms with Crippen molar-refractivity contribution in [2.75, 3.05) is 6.61 Å². The van der Waals surface area contributed by atoms with Crippen LogP contribution in [-0.2, 0) is 6.42 Å². The molecule has 0 unspecified atom stereocenters. The smallest absolute Gasteiger partial charge is 0.263 e. The average molecular weight is 538 g/mol. The first-order valence-corrected chi connectivity index (χ1v) is 14.7. The molecule has 0 saturated carbocycles. The Bertz CT molecular complexity index is 2090. The zero-order chi connectivity index (χ0) is 28.6. The molecule has 0 aliphatic rings. The Hall–Kier alpha value is -4.21. The lowest BCUT2D eigenvalue weighted by Gasteiger charge is -2.25.